The molecule has 1 aromatic rings. The molecule has 0 radical (unpaired) electrons. The average Bonchev–Trinajstić information content (AvgIpc) is 2.82. The summed E-state index contributed by atoms with van der Waals surface area (Å²) in [5, 5.41) is 0.414. The standard InChI is InChI=1S/C13H17ClN2O2/c1-2-18-13(5-3-4-6-13)11(17)10-7-9(14)8-16-12(10)15/h7-8H,2-6H2,1H3,(H2,15,16). The van der Waals surface area contributed by atoms with Crippen LogP contribution in [0.5, 0.6) is 0 Å². The van der Waals surface area contributed by atoms with Gasteiger partial charge in [-0.1, -0.05) is 11.6 Å². The lowest BCUT2D eigenvalue weighted by Gasteiger charge is -2.27. The zero-order valence-electron chi connectivity index (χ0n) is 10.4. The third-order valence-electron chi connectivity index (χ3n) is 3.38. The third-order valence-corrected chi connectivity index (χ3v) is 3.58. The quantitative estimate of drug-likeness (QED) is 0.853. The number of ketones is 1. The number of hydrogen-bond acceptors (Lipinski definition) is 4. The summed E-state index contributed by atoms with van der Waals surface area (Å²) < 4.78 is 5.73. The topological polar surface area (TPSA) is 65.2 Å². The minimum atomic E-state index is -0.727. The molecule has 1 heterocycles. The molecule has 2 N–H and O–H groups in total. The number of hydrogen-bond donors (Lipinski definition) is 1. The number of nitrogens with two attached hydrogens (primary N) is 1. The predicted molar refractivity (Wildman–Crippen MR) is 70.8 cm³/mol. The summed E-state index contributed by atoms with van der Waals surface area (Å²) in [5.74, 6) is 0.129. The molecule has 1 saturated carbocycles. The number of ether oxygens (including phenoxy) is 1. The lowest BCUT2D eigenvalue weighted by molar-refractivity contribution is -0.0163. The number of rotatable bonds is 4. The van der Waals surface area contributed by atoms with Crippen LogP contribution in [0.25, 0.3) is 0 Å². The highest BCUT2D eigenvalue weighted by atomic mass is 35.5. The first-order chi connectivity index (χ1) is 8.59. The van der Waals surface area contributed by atoms with Gasteiger partial charge in [0.05, 0.1) is 10.6 Å². The largest absolute Gasteiger partial charge is 0.383 e. The number of carbonyl (C=O) groups is 1. The van der Waals surface area contributed by atoms with E-state index in [1.165, 1.54) is 6.20 Å². The van der Waals surface area contributed by atoms with Gasteiger partial charge >= 0.3 is 0 Å². The summed E-state index contributed by atoms with van der Waals surface area (Å²) in [4.78, 5) is 16.6. The maximum absolute atomic E-state index is 12.6. The second kappa shape index (κ2) is 5.24. The van der Waals surface area contributed by atoms with E-state index in [-0.39, 0.29) is 11.6 Å². The Morgan fingerprint density at radius 3 is 2.83 bits per heavy atom. The van der Waals surface area contributed by atoms with E-state index in [1.807, 2.05) is 6.92 Å². The van der Waals surface area contributed by atoms with E-state index < -0.39 is 5.60 Å². The molecule has 98 valence electrons. The first-order valence-electron chi connectivity index (χ1n) is 6.19. The summed E-state index contributed by atoms with van der Waals surface area (Å²) in [6, 6.07) is 1.57. The highest BCUT2D eigenvalue weighted by molar-refractivity contribution is 6.31. The molecule has 1 aliphatic carbocycles. The van der Waals surface area contributed by atoms with Crippen molar-refractivity contribution in [2.45, 2.75) is 38.2 Å². The Labute approximate surface area is 111 Å². The van der Waals surface area contributed by atoms with Gasteiger partial charge in [0.2, 0.25) is 0 Å². The van der Waals surface area contributed by atoms with Gasteiger partial charge in [-0.3, -0.25) is 4.79 Å². The molecule has 0 aromatic carbocycles. The minimum Gasteiger partial charge on any atom is -0.383 e. The third kappa shape index (κ3) is 2.35. The smallest absolute Gasteiger partial charge is 0.198 e. The molecule has 1 aromatic heterocycles. The number of Topliss-reactive ketones (excluding diaryl/α,β-unsaturated/α-hetero) is 1. The SMILES string of the molecule is CCOC1(C(=O)c2cc(Cl)cnc2N)CCCC1. The zero-order valence-corrected chi connectivity index (χ0v) is 11.2. The fourth-order valence-corrected chi connectivity index (χ4v) is 2.69. The van der Waals surface area contributed by atoms with Crippen LogP contribution in [0.3, 0.4) is 0 Å². The minimum absolute atomic E-state index is 0.0886. The van der Waals surface area contributed by atoms with E-state index in [4.69, 9.17) is 22.1 Å². The van der Waals surface area contributed by atoms with E-state index in [0.717, 1.165) is 25.7 Å². The molecular formula is C13H17ClN2O2. The fourth-order valence-electron chi connectivity index (χ4n) is 2.54. The van der Waals surface area contributed by atoms with Gasteiger partial charge in [0.15, 0.2) is 5.78 Å². The van der Waals surface area contributed by atoms with Crippen LogP contribution in [0.2, 0.25) is 5.02 Å². The lowest BCUT2D eigenvalue weighted by atomic mass is 9.91. The Bertz CT molecular complexity index is 456. The van der Waals surface area contributed by atoms with Crippen molar-refractivity contribution in [2.75, 3.05) is 12.3 Å². The van der Waals surface area contributed by atoms with Gasteiger partial charge in [-0.05, 0) is 38.7 Å². The molecule has 4 nitrogen and oxygen atoms in total. The highest BCUT2D eigenvalue weighted by Gasteiger charge is 2.43. The van der Waals surface area contributed by atoms with Crippen LogP contribution in [0.1, 0.15) is 43.0 Å². The van der Waals surface area contributed by atoms with Gasteiger partial charge < -0.3 is 10.5 Å². The highest BCUT2D eigenvalue weighted by Crippen LogP contribution is 2.37. The van der Waals surface area contributed by atoms with E-state index in [2.05, 4.69) is 4.98 Å². The molecule has 1 fully saturated rings. The van der Waals surface area contributed by atoms with E-state index in [1.54, 1.807) is 6.07 Å². The Morgan fingerprint density at radius 2 is 2.22 bits per heavy atom. The van der Waals surface area contributed by atoms with Gasteiger partial charge in [-0.2, -0.15) is 0 Å². The van der Waals surface area contributed by atoms with E-state index in [0.29, 0.717) is 17.2 Å². The summed E-state index contributed by atoms with van der Waals surface area (Å²) in [6.07, 6.45) is 4.92. The van der Waals surface area contributed by atoms with Crippen LogP contribution >= 0.6 is 11.6 Å². The summed E-state index contributed by atoms with van der Waals surface area (Å²) in [7, 11) is 0. The van der Waals surface area contributed by atoms with Crippen molar-refractivity contribution in [3.63, 3.8) is 0 Å². The van der Waals surface area contributed by atoms with Gasteiger partial charge in [-0.15, -0.1) is 0 Å². The molecule has 2 rings (SSSR count). The van der Waals surface area contributed by atoms with Crippen LogP contribution < -0.4 is 5.73 Å². The molecule has 18 heavy (non-hydrogen) atoms. The average molecular weight is 269 g/mol. The van der Waals surface area contributed by atoms with Crippen LogP contribution in [0, 0.1) is 0 Å². The normalized spacial score (nSPS) is 17.9. The number of nitrogen functional groups attached to an aromatic ring is 1. The van der Waals surface area contributed by atoms with Gasteiger partial charge in [-0.25, -0.2) is 4.98 Å². The Balaban J connectivity index is 2.36. The number of carbonyl (C=O) groups excluding carboxylic acids is 1. The molecule has 0 spiro atoms. The van der Waals surface area contributed by atoms with Crippen molar-refractivity contribution in [3.05, 3.63) is 22.8 Å². The molecule has 1 aliphatic rings. The Morgan fingerprint density at radius 1 is 1.56 bits per heavy atom. The molecule has 0 aliphatic heterocycles. The monoisotopic (exact) mass is 268 g/mol. The first-order valence-corrected chi connectivity index (χ1v) is 6.56. The van der Waals surface area contributed by atoms with E-state index >= 15 is 0 Å². The zero-order chi connectivity index (χ0) is 13.2. The first kappa shape index (κ1) is 13.3. The molecule has 5 heteroatoms. The van der Waals surface area contributed by atoms with Gasteiger partial charge in [0, 0.05) is 12.8 Å². The van der Waals surface area contributed by atoms with Gasteiger partial charge in [0.1, 0.15) is 11.4 Å². The molecule has 0 bridgehead atoms. The summed E-state index contributed by atoms with van der Waals surface area (Å²) >= 11 is 5.88. The maximum atomic E-state index is 12.6. The number of anilines is 1. The molecule has 0 unspecified atom stereocenters. The van der Waals surface area contributed by atoms with Crippen LogP contribution in [-0.4, -0.2) is 23.0 Å². The van der Waals surface area contributed by atoms with Crippen molar-refractivity contribution in [1.29, 1.82) is 0 Å². The van der Waals surface area contributed by atoms with Crippen molar-refractivity contribution in [1.82, 2.24) is 4.98 Å². The van der Waals surface area contributed by atoms with Crippen molar-refractivity contribution in [2.24, 2.45) is 0 Å². The van der Waals surface area contributed by atoms with Crippen molar-refractivity contribution in [3.8, 4) is 0 Å². The van der Waals surface area contributed by atoms with Gasteiger partial charge in [0.25, 0.3) is 0 Å². The van der Waals surface area contributed by atoms with E-state index in [9.17, 15) is 4.79 Å². The van der Waals surface area contributed by atoms with Crippen LogP contribution in [-0.2, 0) is 4.74 Å². The number of nitrogens with zero attached hydrogens (tertiary/aromatic N) is 1. The summed E-state index contributed by atoms with van der Waals surface area (Å²) in [5.41, 5.74) is 5.41. The lowest BCUT2D eigenvalue weighted by Crippen LogP contribution is -2.39. The number of aromatic nitrogens is 1. The summed E-state index contributed by atoms with van der Waals surface area (Å²) in [6.45, 7) is 2.41. The maximum Gasteiger partial charge on any atom is 0.198 e. The fraction of sp³-hybridized carbons (Fsp3) is 0.538. The number of pyridine rings is 1. The second-order valence-corrected chi connectivity index (χ2v) is 4.99. The van der Waals surface area contributed by atoms with Crippen LogP contribution in [0.15, 0.2) is 12.3 Å². The Kier molecular flexibility index (Phi) is 3.88. The molecule has 0 saturated heterocycles. The van der Waals surface area contributed by atoms with Crippen molar-refractivity contribution < 1.29 is 9.53 Å². The predicted octanol–water partition coefficient (Wildman–Crippen LogP) is 2.85. The Hall–Kier alpha value is -1.13. The molecule has 0 amide bonds. The molecule has 0 atom stereocenters. The molecular weight excluding hydrogens is 252 g/mol. The number of halogens is 1. The second-order valence-electron chi connectivity index (χ2n) is 4.55. The van der Waals surface area contributed by atoms with Crippen molar-refractivity contribution >= 4 is 23.2 Å². The van der Waals surface area contributed by atoms with Crippen LogP contribution in [0.4, 0.5) is 5.82 Å².